The Morgan fingerprint density at radius 2 is 2.00 bits per heavy atom. The van der Waals surface area contributed by atoms with Crippen LogP contribution in [0.1, 0.15) is 19.8 Å². The molecule has 0 heterocycles. The van der Waals surface area contributed by atoms with Crippen molar-refractivity contribution in [1.29, 1.82) is 0 Å². The predicted molar refractivity (Wildman–Crippen MR) is 52.6 cm³/mol. The molecule has 0 aliphatic rings. The Morgan fingerprint density at radius 1 is 1.45 bits per heavy atom. The van der Waals surface area contributed by atoms with Crippen molar-refractivity contribution in [1.82, 2.24) is 0 Å². The largest absolute Gasteiger partial charge is 0.455 e. The Morgan fingerprint density at radius 3 is 2.36 bits per heavy atom. The van der Waals surface area contributed by atoms with Crippen molar-refractivity contribution in [3.63, 3.8) is 0 Å². The van der Waals surface area contributed by atoms with E-state index in [0.29, 0.717) is 5.17 Å². The van der Waals surface area contributed by atoms with Crippen LogP contribution in [0.25, 0.3) is 0 Å². The van der Waals surface area contributed by atoms with Gasteiger partial charge in [-0.2, -0.15) is 0 Å². The zero-order valence-electron chi connectivity index (χ0n) is 7.65. The summed E-state index contributed by atoms with van der Waals surface area (Å²) in [5.41, 5.74) is 0. The zero-order chi connectivity index (χ0) is 8.91. The topological polar surface area (TPSA) is 21.6 Å². The molecule has 0 saturated carbocycles. The van der Waals surface area contributed by atoms with Crippen LogP contribution < -0.4 is 0 Å². The SMILES string of the molecule is CCCC(Cl)=NO[Si](C)(C)C. The maximum Gasteiger partial charge on any atom is 0.278 e. The molecule has 0 fully saturated rings. The van der Waals surface area contributed by atoms with Crippen molar-refractivity contribution in [3.8, 4) is 0 Å². The Labute approximate surface area is 74.7 Å². The lowest BCUT2D eigenvalue weighted by Gasteiger charge is -2.12. The normalized spacial score (nSPS) is 13.4. The number of rotatable bonds is 4. The monoisotopic (exact) mass is 193 g/mol. The van der Waals surface area contributed by atoms with Crippen LogP contribution in [-0.4, -0.2) is 13.5 Å². The van der Waals surface area contributed by atoms with Gasteiger partial charge in [-0.15, -0.1) is 0 Å². The van der Waals surface area contributed by atoms with Gasteiger partial charge >= 0.3 is 0 Å². The fraction of sp³-hybridized carbons (Fsp3) is 0.857. The first-order valence-electron chi connectivity index (χ1n) is 3.86. The fourth-order valence-electron chi connectivity index (χ4n) is 0.438. The molecule has 0 aromatic rings. The van der Waals surface area contributed by atoms with Crippen molar-refractivity contribution >= 4 is 25.1 Å². The van der Waals surface area contributed by atoms with Gasteiger partial charge < -0.3 is 4.53 Å². The maximum atomic E-state index is 5.73. The minimum Gasteiger partial charge on any atom is -0.455 e. The Bertz CT molecular complexity index is 142. The van der Waals surface area contributed by atoms with Gasteiger partial charge in [0.05, 0.1) is 0 Å². The van der Waals surface area contributed by atoms with Gasteiger partial charge in [-0.25, -0.2) is 0 Å². The van der Waals surface area contributed by atoms with E-state index in [1.54, 1.807) is 0 Å². The number of oxime groups is 1. The van der Waals surface area contributed by atoms with Gasteiger partial charge in [-0.05, 0) is 26.1 Å². The van der Waals surface area contributed by atoms with Crippen molar-refractivity contribution in [2.45, 2.75) is 39.4 Å². The molecule has 66 valence electrons. The first kappa shape index (κ1) is 11.0. The van der Waals surface area contributed by atoms with Gasteiger partial charge in [0.25, 0.3) is 8.32 Å². The molecule has 0 N–H and O–H groups in total. The summed E-state index contributed by atoms with van der Waals surface area (Å²) in [6.07, 6.45) is 1.82. The summed E-state index contributed by atoms with van der Waals surface area (Å²) >= 11 is 5.73. The lowest BCUT2D eigenvalue weighted by molar-refractivity contribution is 0.335. The highest BCUT2D eigenvalue weighted by molar-refractivity contribution is 6.70. The third-order valence-electron chi connectivity index (χ3n) is 0.875. The van der Waals surface area contributed by atoms with Gasteiger partial charge in [0.2, 0.25) is 0 Å². The smallest absolute Gasteiger partial charge is 0.278 e. The van der Waals surface area contributed by atoms with E-state index in [1.807, 2.05) is 0 Å². The summed E-state index contributed by atoms with van der Waals surface area (Å²) in [4.78, 5) is 0. The van der Waals surface area contributed by atoms with Crippen molar-refractivity contribution in [2.75, 3.05) is 0 Å². The van der Waals surface area contributed by atoms with Gasteiger partial charge in [-0.3, -0.25) is 0 Å². The molecule has 0 aliphatic carbocycles. The molecule has 0 spiro atoms. The van der Waals surface area contributed by atoms with E-state index in [9.17, 15) is 0 Å². The molecule has 0 rings (SSSR count). The minimum atomic E-state index is -1.52. The molecular weight excluding hydrogens is 178 g/mol. The Hall–Kier alpha value is -0.0231. The quantitative estimate of drug-likeness (QED) is 0.382. The van der Waals surface area contributed by atoms with Crippen LogP contribution in [0, 0.1) is 0 Å². The number of hydrogen-bond acceptors (Lipinski definition) is 2. The van der Waals surface area contributed by atoms with Gasteiger partial charge in [0, 0.05) is 6.42 Å². The summed E-state index contributed by atoms with van der Waals surface area (Å²) in [6.45, 7) is 8.29. The van der Waals surface area contributed by atoms with Crippen LogP contribution in [0.5, 0.6) is 0 Å². The lowest BCUT2D eigenvalue weighted by atomic mass is 10.4. The van der Waals surface area contributed by atoms with Crippen LogP contribution in [0.4, 0.5) is 0 Å². The van der Waals surface area contributed by atoms with E-state index in [-0.39, 0.29) is 0 Å². The average Bonchev–Trinajstić information content (AvgIpc) is 1.83. The van der Waals surface area contributed by atoms with E-state index in [0.717, 1.165) is 12.8 Å². The molecule has 0 bridgehead atoms. The summed E-state index contributed by atoms with van der Waals surface area (Å²) in [5.74, 6) is 0. The summed E-state index contributed by atoms with van der Waals surface area (Å²) in [7, 11) is -1.52. The number of halogens is 1. The van der Waals surface area contributed by atoms with Crippen LogP contribution in [-0.2, 0) is 4.53 Å². The van der Waals surface area contributed by atoms with E-state index in [2.05, 4.69) is 31.7 Å². The van der Waals surface area contributed by atoms with Gasteiger partial charge in [0.1, 0.15) is 5.17 Å². The van der Waals surface area contributed by atoms with Crippen LogP contribution >= 0.6 is 11.6 Å². The highest BCUT2D eigenvalue weighted by atomic mass is 35.5. The molecule has 0 aliphatic heterocycles. The standard InChI is InChI=1S/C7H16ClNOSi/c1-5-6-7(8)9-10-11(2,3)4/h5-6H2,1-4H3. The molecule has 0 amide bonds. The highest BCUT2D eigenvalue weighted by Crippen LogP contribution is 2.05. The predicted octanol–water partition coefficient (Wildman–Crippen LogP) is 3.19. The molecule has 0 atom stereocenters. The van der Waals surface area contributed by atoms with Crippen LogP contribution in [0.15, 0.2) is 5.16 Å². The molecule has 0 aromatic heterocycles. The molecule has 0 radical (unpaired) electrons. The third kappa shape index (κ3) is 7.88. The molecule has 0 saturated heterocycles. The summed E-state index contributed by atoms with van der Waals surface area (Å²) in [6, 6.07) is 0. The van der Waals surface area contributed by atoms with Crippen molar-refractivity contribution < 1.29 is 4.53 Å². The summed E-state index contributed by atoms with van der Waals surface area (Å²) < 4.78 is 5.24. The average molecular weight is 194 g/mol. The minimum absolute atomic E-state index is 0.579. The van der Waals surface area contributed by atoms with Crippen LogP contribution in [0.2, 0.25) is 19.6 Å². The van der Waals surface area contributed by atoms with Crippen molar-refractivity contribution in [3.05, 3.63) is 0 Å². The number of hydrogen-bond donors (Lipinski definition) is 0. The zero-order valence-corrected chi connectivity index (χ0v) is 9.40. The van der Waals surface area contributed by atoms with E-state index < -0.39 is 8.32 Å². The van der Waals surface area contributed by atoms with E-state index >= 15 is 0 Å². The number of nitrogens with zero attached hydrogens (tertiary/aromatic N) is 1. The van der Waals surface area contributed by atoms with Crippen molar-refractivity contribution in [2.24, 2.45) is 5.16 Å². The third-order valence-corrected chi connectivity index (χ3v) is 1.77. The second-order valence-corrected chi connectivity index (χ2v) is 8.26. The molecule has 2 nitrogen and oxygen atoms in total. The second kappa shape index (κ2) is 4.77. The summed E-state index contributed by atoms with van der Waals surface area (Å²) in [5, 5.41) is 4.41. The van der Waals surface area contributed by atoms with Crippen LogP contribution in [0.3, 0.4) is 0 Å². The van der Waals surface area contributed by atoms with E-state index in [1.165, 1.54) is 0 Å². The maximum absolute atomic E-state index is 5.73. The Balaban J connectivity index is 3.73. The van der Waals surface area contributed by atoms with E-state index in [4.69, 9.17) is 16.1 Å². The second-order valence-electron chi connectivity index (χ2n) is 3.42. The molecule has 0 aromatic carbocycles. The molecule has 11 heavy (non-hydrogen) atoms. The first-order valence-corrected chi connectivity index (χ1v) is 7.65. The molecular formula is C7H16ClNOSi. The molecule has 4 heteroatoms. The fourth-order valence-corrected chi connectivity index (χ4v) is 1.10. The Kier molecular flexibility index (Phi) is 4.76. The van der Waals surface area contributed by atoms with Gasteiger partial charge in [0.15, 0.2) is 0 Å². The van der Waals surface area contributed by atoms with Gasteiger partial charge in [-0.1, -0.05) is 23.7 Å². The first-order chi connectivity index (χ1) is 4.95. The highest BCUT2D eigenvalue weighted by Gasteiger charge is 2.15. The lowest BCUT2D eigenvalue weighted by Crippen LogP contribution is -2.22. The molecule has 0 unspecified atom stereocenters.